The Morgan fingerprint density at radius 3 is 2.12 bits per heavy atom. The number of benzene rings is 1. The van der Waals surface area contributed by atoms with Gasteiger partial charge >= 0.3 is 11.9 Å². The lowest BCUT2D eigenvalue weighted by Crippen LogP contribution is -2.65. The summed E-state index contributed by atoms with van der Waals surface area (Å²) in [5, 5.41) is 0. The van der Waals surface area contributed by atoms with E-state index in [4.69, 9.17) is 14.2 Å². The predicted octanol–water partition coefficient (Wildman–Crippen LogP) is 1.46. The zero-order valence-electron chi connectivity index (χ0n) is 14.5. The molecule has 1 aliphatic rings. The first-order valence-electron chi connectivity index (χ1n) is 7.70. The van der Waals surface area contributed by atoms with E-state index in [1.165, 1.54) is 4.90 Å². The minimum absolute atomic E-state index is 0.0338. The van der Waals surface area contributed by atoms with Crippen LogP contribution >= 0.6 is 0 Å². The molecule has 0 bridgehead atoms. The number of ether oxygens (including phenoxy) is 3. The Balaban J connectivity index is 2.50. The highest BCUT2D eigenvalue weighted by Crippen LogP contribution is 2.36. The monoisotopic (exact) mass is 347 g/mol. The first kappa shape index (κ1) is 18.5. The van der Waals surface area contributed by atoms with E-state index in [2.05, 4.69) is 6.58 Å². The molecular formula is C18H21NO6. The molecule has 0 N–H and O–H groups in total. The molecule has 0 radical (unpaired) electrons. The second-order valence-corrected chi connectivity index (χ2v) is 5.63. The van der Waals surface area contributed by atoms with E-state index in [1.54, 1.807) is 31.4 Å². The van der Waals surface area contributed by atoms with Crippen molar-refractivity contribution in [2.45, 2.75) is 24.9 Å². The molecule has 7 heteroatoms. The van der Waals surface area contributed by atoms with Crippen molar-refractivity contribution in [3.05, 3.63) is 42.0 Å². The second kappa shape index (κ2) is 7.38. The third-order valence-corrected chi connectivity index (χ3v) is 4.32. The van der Waals surface area contributed by atoms with Gasteiger partial charge in [-0.15, -0.1) is 0 Å². The maximum atomic E-state index is 12.6. The van der Waals surface area contributed by atoms with Gasteiger partial charge in [0.2, 0.25) is 5.91 Å². The van der Waals surface area contributed by atoms with Crippen LogP contribution in [0.3, 0.4) is 0 Å². The number of carbonyl (C=O) groups is 3. The van der Waals surface area contributed by atoms with Gasteiger partial charge in [-0.1, -0.05) is 18.7 Å². The van der Waals surface area contributed by atoms with Crippen molar-refractivity contribution in [3.63, 3.8) is 0 Å². The van der Waals surface area contributed by atoms with Gasteiger partial charge in [-0.3, -0.25) is 4.79 Å². The number of piperidine rings is 1. The topological polar surface area (TPSA) is 82.1 Å². The number of likely N-dealkylation sites (tertiary alicyclic amines) is 1. The van der Waals surface area contributed by atoms with Crippen LogP contribution in [0, 0.1) is 0 Å². The van der Waals surface area contributed by atoms with E-state index >= 15 is 0 Å². The molecule has 1 aromatic carbocycles. The fourth-order valence-electron chi connectivity index (χ4n) is 2.96. The molecule has 1 saturated heterocycles. The number of esters is 2. The minimum atomic E-state index is -1.97. The molecule has 1 aliphatic heterocycles. The van der Waals surface area contributed by atoms with Crippen molar-refractivity contribution in [1.82, 2.24) is 4.90 Å². The molecule has 0 aliphatic carbocycles. The highest BCUT2D eigenvalue weighted by Gasteiger charge is 2.59. The predicted molar refractivity (Wildman–Crippen MR) is 88.7 cm³/mol. The smallest absolute Gasteiger partial charge is 0.348 e. The van der Waals surface area contributed by atoms with Crippen LogP contribution in [0.5, 0.6) is 5.75 Å². The number of carbonyl (C=O) groups excluding carboxylic acids is 3. The average molecular weight is 347 g/mol. The van der Waals surface area contributed by atoms with Crippen LogP contribution in [0.4, 0.5) is 0 Å². The first-order chi connectivity index (χ1) is 11.9. The third kappa shape index (κ3) is 3.09. The summed E-state index contributed by atoms with van der Waals surface area (Å²) in [4.78, 5) is 38.8. The number of hydrogen-bond acceptors (Lipinski definition) is 6. The first-order valence-corrected chi connectivity index (χ1v) is 7.70. The maximum absolute atomic E-state index is 12.6. The Labute approximate surface area is 146 Å². The summed E-state index contributed by atoms with van der Waals surface area (Å²) in [7, 11) is 3.86. The van der Waals surface area contributed by atoms with Gasteiger partial charge in [0.25, 0.3) is 5.54 Å². The Morgan fingerprint density at radius 1 is 1.08 bits per heavy atom. The van der Waals surface area contributed by atoms with Gasteiger partial charge in [0.05, 0.1) is 21.3 Å². The van der Waals surface area contributed by atoms with E-state index in [0.717, 1.165) is 19.8 Å². The van der Waals surface area contributed by atoms with Crippen molar-refractivity contribution < 1.29 is 28.6 Å². The highest BCUT2D eigenvalue weighted by atomic mass is 16.5. The summed E-state index contributed by atoms with van der Waals surface area (Å²) in [5.41, 5.74) is -0.973. The fraction of sp³-hybridized carbons (Fsp3) is 0.389. The highest BCUT2D eigenvalue weighted by molar-refractivity contribution is 6.12. The summed E-state index contributed by atoms with van der Waals surface area (Å²) in [6.07, 6.45) is 0.368. The summed E-state index contributed by atoms with van der Waals surface area (Å²) in [6.45, 7) is 3.88. The molecule has 0 unspecified atom stereocenters. The van der Waals surface area contributed by atoms with E-state index in [1.807, 2.05) is 0 Å². The molecule has 25 heavy (non-hydrogen) atoms. The molecule has 0 atom stereocenters. The fourth-order valence-corrected chi connectivity index (χ4v) is 2.96. The Morgan fingerprint density at radius 2 is 1.64 bits per heavy atom. The lowest BCUT2D eigenvalue weighted by atomic mass is 9.81. The second-order valence-electron chi connectivity index (χ2n) is 5.63. The van der Waals surface area contributed by atoms with Gasteiger partial charge in [0, 0.05) is 13.0 Å². The molecule has 1 heterocycles. The van der Waals surface area contributed by atoms with Gasteiger partial charge in [-0.05, 0) is 29.7 Å². The van der Waals surface area contributed by atoms with Crippen molar-refractivity contribution in [3.8, 4) is 5.75 Å². The van der Waals surface area contributed by atoms with Gasteiger partial charge < -0.3 is 19.1 Å². The lowest BCUT2D eigenvalue weighted by Gasteiger charge is -2.43. The van der Waals surface area contributed by atoms with Crippen molar-refractivity contribution in [2.24, 2.45) is 0 Å². The van der Waals surface area contributed by atoms with Crippen molar-refractivity contribution >= 4 is 17.8 Å². The summed E-state index contributed by atoms with van der Waals surface area (Å²) >= 11 is 0. The average Bonchev–Trinajstić information content (AvgIpc) is 2.64. The van der Waals surface area contributed by atoms with Crippen LogP contribution in [0.25, 0.3) is 0 Å². The molecule has 1 amide bonds. The number of rotatable bonds is 5. The molecule has 1 fully saturated rings. The largest absolute Gasteiger partial charge is 0.497 e. The standard InChI is InChI=1S/C18H21NO6/c1-12-5-10-15(20)19(11-13-6-8-14(23-2)9-7-13)18(12,16(21)24-3)17(22)25-4/h6-9H,1,5,10-11H2,2-4H3. The number of methoxy groups -OCH3 is 3. The molecule has 0 aromatic heterocycles. The van der Waals surface area contributed by atoms with Crippen LogP contribution < -0.4 is 4.74 Å². The van der Waals surface area contributed by atoms with Gasteiger partial charge in [0.1, 0.15) is 5.75 Å². The maximum Gasteiger partial charge on any atom is 0.348 e. The Bertz CT molecular complexity index is 664. The van der Waals surface area contributed by atoms with Crippen molar-refractivity contribution in [2.75, 3.05) is 21.3 Å². The van der Waals surface area contributed by atoms with Crippen LogP contribution in [-0.4, -0.2) is 49.6 Å². The van der Waals surface area contributed by atoms with Crippen LogP contribution in [0.1, 0.15) is 18.4 Å². The summed E-state index contributed by atoms with van der Waals surface area (Å²) < 4.78 is 14.8. The van der Waals surface area contributed by atoms with E-state index in [9.17, 15) is 14.4 Å². The van der Waals surface area contributed by atoms with Gasteiger partial charge in [-0.25, -0.2) is 9.59 Å². The van der Waals surface area contributed by atoms with E-state index < -0.39 is 17.5 Å². The SMILES string of the molecule is C=C1CCC(=O)N(Cc2ccc(OC)cc2)C1(C(=O)OC)C(=O)OC. The third-order valence-electron chi connectivity index (χ3n) is 4.32. The summed E-state index contributed by atoms with van der Waals surface area (Å²) in [5.74, 6) is -1.46. The number of amides is 1. The van der Waals surface area contributed by atoms with Gasteiger partial charge in [-0.2, -0.15) is 0 Å². The molecule has 134 valence electrons. The molecule has 7 nitrogen and oxygen atoms in total. The zero-order valence-corrected chi connectivity index (χ0v) is 14.5. The quantitative estimate of drug-likeness (QED) is 0.456. The van der Waals surface area contributed by atoms with Crippen LogP contribution in [0.15, 0.2) is 36.4 Å². The number of hydrogen-bond donors (Lipinski definition) is 0. The zero-order chi connectivity index (χ0) is 18.6. The van der Waals surface area contributed by atoms with E-state index in [-0.39, 0.29) is 30.9 Å². The van der Waals surface area contributed by atoms with Crippen LogP contribution in [0.2, 0.25) is 0 Å². The molecule has 1 aromatic rings. The number of nitrogens with zero attached hydrogens (tertiary/aromatic N) is 1. The summed E-state index contributed by atoms with van der Waals surface area (Å²) in [6, 6.07) is 6.97. The molecule has 2 rings (SSSR count). The molecular weight excluding hydrogens is 326 g/mol. The normalized spacial score (nSPS) is 16.4. The lowest BCUT2D eigenvalue weighted by molar-refractivity contribution is -0.176. The Kier molecular flexibility index (Phi) is 5.46. The Hall–Kier alpha value is -2.83. The van der Waals surface area contributed by atoms with Crippen molar-refractivity contribution in [1.29, 1.82) is 0 Å². The van der Waals surface area contributed by atoms with E-state index in [0.29, 0.717) is 5.75 Å². The molecule has 0 spiro atoms. The molecule has 0 saturated carbocycles. The minimum Gasteiger partial charge on any atom is -0.497 e. The van der Waals surface area contributed by atoms with Gasteiger partial charge in [0.15, 0.2) is 0 Å². The van der Waals surface area contributed by atoms with Crippen LogP contribution in [-0.2, 0) is 30.4 Å².